The van der Waals surface area contributed by atoms with Crippen molar-refractivity contribution < 1.29 is 9.59 Å². The van der Waals surface area contributed by atoms with Gasteiger partial charge >= 0.3 is 0 Å². The van der Waals surface area contributed by atoms with E-state index in [-0.39, 0.29) is 0 Å². The molecule has 0 aromatic carbocycles. The van der Waals surface area contributed by atoms with Gasteiger partial charge in [-0.3, -0.25) is 9.59 Å². The first kappa shape index (κ1) is 12.5. The second-order valence-electron chi connectivity index (χ2n) is 3.81. The molecule has 94 valence electrons. The highest BCUT2D eigenvalue weighted by molar-refractivity contribution is 7.26. The van der Waals surface area contributed by atoms with Crippen molar-refractivity contribution in [2.24, 2.45) is 0 Å². The van der Waals surface area contributed by atoms with E-state index in [9.17, 15) is 9.59 Å². The molecule has 3 aromatic rings. The van der Waals surface area contributed by atoms with Crippen LogP contribution in [0.15, 0.2) is 35.0 Å². The maximum Gasteiger partial charge on any atom is 0.152 e. The molecule has 3 rings (SSSR count). The topological polar surface area (TPSA) is 34.1 Å². The fourth-order valence-electron chi connectivity index (χ4n) is 1.80. The average Bonchev–Trinajstić information content (AvgIpc) is 3.16. The van der Waals surface area contributed by atoms with Gasteiger partial charge < -0.3 is 0 Å². The summed E-state index contributed by atoms with van der Waals surface area (Å²) in [6.07, 6.45) is 1.50. The molecule has 3 aromatic heterocycles. The van der Waals surface area contributed by atoms with E-state index in [1.807, 2.05) is 17.5 Å². The van der Waals surface area contributed by atoms with Crippen LogP contribution in [0.25, 0.3) is 19.5 Å². The highest BCUT2D eigenvalue weighted by Gasteiger charge is 2.14. The Labute approximate surface area is 122 Å². The molecule has 0 aliphatic carbocycles. The van der Waals surface area contributed by atoms with Crippen LogP contribution in [0.4, 0.5) is 0 Å². The molecular formula is C14H8O2S3. The van der Waals surface area contributed by atoms with Gasteiger partial charge in [0.25, 0.3) is 0 Å². The van der Waals surface area contributed by atoms with E-state index in [1.54, 1.807) is 28.1 Å². The lowest BCUT2D eigenvalue weighted by molar-refractivity contribution is 0.109. The molecule has 3 heterocycles. The van der Waals surface area contributed by atoms with Crippen molar-refractivity contribution in [2.45, 2.75) is 0 Å². The molecule has 0 atom stereocenters. The normalized spacial score (nSPS) is 10.5. The Balaban J connectivity index is 2.06. The summed E-state index contributed by atoms with van der Waals surface area (Å²) in [7, 11) is 0. The van der Waals surface area contributed by atoms with Gasteiger partial charge in [0.2, 0.25) is 0 Å². The van der Waals surface area contributed by atoms with E-state index in [0.717, 1.165) is 22.3 Å². The summed E-state index contributed by atoms with van der Waals surface area (Å²) in [6, 6.07) is 8.16. The number of thiophene rings is 3. The van der Waals surface area contributed by atoms with E-state index in [2.05, 4.69) is 12.1 Å². The van der Waals surface area contributed by atoms with E-state index in [1.165, 1.54) is 21.1 Å². The standard InChI is InChI=1S/C14H8O2S3/c15-6-9-8-18-14(10(9)7-16)13-4-3-12(19-13)11-2-1-5-17-11/h1-8H. The zero-order valence-electron chi connectivity index (χ0n) is 9.66. The van der Waals surface area contributed by atoms with Crippen LogP contribution in [-0.4, -0.2) is 12.6 Å². The maximum absolute atomic E-state index is 11.1. The molecule has 0 radical (unpaired) electrons. The van der Waals surface area contributed by atoms with E-state index in [4.69, 9.17) is 0 Å². The molecule has 0 saturated heterocycles. The third-order valence-corrected chi connectivity index (χ3v) is 6.04. The smallest absolute Gasteiger partial charge is 0.152 e. The third-order valence-electron chi connectivity index (χ3n) is 2.70. The molecule has 0 aliphatic rings. The van der Waals surface area contributed by atoms with Gasteiger partial charge in [0.15, 0.2) is 12.6 Å². The molecule has 0 fully saturated rings. The molecule has 0 saturated carbocycles. The lowest BCUT2D eigenvalue weighted by atomic mass is 10.1. The zero-order valence-corrected chi connectivity index (χ0v) is 12.1. The SMILES string of the molecule is O=Cc1csc(-c2ccc(-c3cccs3)s2)c1C=O. The number of rotatable bonds is 4. The van der Waals surface area contributed by atoms with Gasteiger partial charge in [0.05, 0.1) is 4.88 Å². The molecule has 0 amide bonds. The first-order chi connectivity index (χ1) is 9.33. The van der Waals surface area contributed by atoms with Gasteiger partial charge in [0, 0.05) is 31.1 Å². The van der Waals surface area contributed by atoms with Gasteiger partial charge in [-0.2, -0.15) is 0 Å². The Morgan fingerprint density at radius 2 is 1.74 bits per heavy atom. The number of hydrogen-bond acceptors (Lipinski definition) is 5. The van der Waals surface area contributed by atoms with Crippen LogP contribution in [0.3, 0.4) is 0 Å². The number of hydrogen-bond donors (Lipinski definition) is 0. The van der Waals surface area contributed by atoms with Crippen molar-refractivity contribution in [3.05, 3.63) is 46.2 Å². The van der Waals surface area contributed by atoms with Gasteiger partial charge in [-0.05, 0) is 23.6 Å². The largest absolute Gasteiger partial charge is 0.298 e. The van der Waals surface area contributed by atoms with E-state index >= 15 is 0 Å². The van der Waals surface area contributed by atoms with Crippen molar-refractivity contribution in [1.29, 1.82) is 0 Å². The van der Waals surface area contributed by atoms with Gasteiger partial charge in [-0.15, -0.1) is 34.0 Å². The number of carbonyl (C=O) groups is 2. The molecule has 0 spiro atoms. The first-order valence-corrected chi connectivity index (χ1v) is 8.07. The average molecular weight is 304 g/mol. The lowest BCUT2D eigenvalue weighted by Gasteiger charge is -1.94. The van der Waals surface area contributed by atoms with Crippen molar-refractivity contribution in [1.82, 2.24) is 0 Å². The Kier molecular flexibility index (Phi) is 3.42. The molecule has 0 unspecified atom stereocenters. The summed E-state index contributed by atoms with van der Waals surface area (Å²) in [6.45, 7) is 0. The van der Waals surface area contributed by atoms with Gasteiger partial charge in [-0.1, -0.05) is 6.07 Å². The molecule has 5 heteroatoms. The fourth-order valence-corrected chi connectivity index (χ4v) is 4.76. The number of aldehydes is 2. The van der Waals surface area contributed by atoms with E-state index in [0.29, 0.717) is 11.1 Å². The van der Waals surface area contributed by atoms with Crippen LogP contribution in [0, 0.1) is 0 Å². The summed E-state index contributed by atoms with van der Waals surface area (Å²) in [5.74, 6) is 0. The van der Waals surface area contributed by atoms with Gasteiger partial charge in [-0.25, -0.2) is 0 Å². The predicted octanol–water partition coefficient (Wildman–Crippen LogP) is 4.83. The Hall–Kier alpha value is -1.56. The van der Waals surface area contributed by atoms with Crippen LogP contribution >= 0.6 is 34.0 Å². The van der Waals surface area contributed by atoms with Crippen LogP contribution in [0.1, 0.15) is 20.7 Å². The second kappa shape index (κ2) is 5.21. The van der Waals surface area contributed by atoms with Crippen LogP contribution in [-0.2, 0) is 0 Å². The van der Waals surface area contributed by atoms with Crippen LogP contribution in [0.2, 0.25) is 0 Å². The first-order valence-electron chi connectivity index (χ1n) is 5.49. The highest BCUT2D eigenvalue weighted by atomic mass is 32.1. The minimum absolute atomic E-state index is 0.473. The molecule has 19 heavy (non-hydrogen) atoms. The summed E-state index contributed by atoms with van der Waals surface area (Å²) >= 11 is 4.78. The van der Waals surface area contributed by atoms with Gasteiger partial charge in [0.1, 0.15) is 0 Å². The highest BCUT2D eigenvalue weighted by Crippen LogP contribution is 2.40. The van der Waals surface area contributed by atoms with Crippen LogP contribution < -0.4 is 0 Å². The summed E-state index contributed by atoms with van der Waals surface area (Å²) < 4.78 is 0. The van der Waals surface area contributed by atoms with E-state index < -0.39 is 0 Å². The van der Waals surface area contributed by atoms with Crippen molar-refractivity contribution in [3.63, 3.8) is 0 Å². The second-order valence-corrected chi connectivity index (χ2v) is 6.72. The summed E-state index contributed by atoms with van der Waals surface area (Å²) in [4.78, 5) is 26.3. The van der Waals surface area contributed by atoms with Crippen LogP contribution in [0.5, 0.6) is 0 Å². The lowest BCUT2D eigenvalue weighted by Crippen LogP contribution is -1.85. The predicted molar refractivity (Wildman–Crippen MR) is 81.7 cm³/mol. The van der Waals surface area contributed by atoms with Crippen molar-refractivity contribution in [2.75, 3.05) is 0 Å². The molecule has 0 aliphatic heterocycles. The Morgan fingerprint density at radius 1 is 0.895 bits per heavy atom. The molecule has 0 bridgehead atoms. The monoisotopic (exact) mass is 304 g/mol. The quantitative estimate of drug-likeness (QED) is 0.647. The minimum atomic E-state index is 0.473. The summed E-state index contributed by atoms with van der Waals surface area (Å²) in [5, 5.41) is 3.78. The number of carbonyl (C=O) groups excluding carboxylic acids is 2. The third kappa shape index (κ3) is 2.20. The molecule has 0 N–H and O–H groups in total. The Morgan fingerprint density at radius 3 is 2.42 bits per heavy atom. The molecular weight excluding hydrogens is 296 g/mol. The maximum atomic E-state index is 11.1. The van der Waals surface area contributed by atoms with Crippen molar-refractivity contribution in [3.8, 4) is 19.5 Å². The minimum Gasteiger partial charge on any atom is -0.298 e. The zero-order chi connectivity index (χ0) is 13.2. The fraction of sp³-hybridized carbons (Fsp3) is 0. The summed E-state index contributed by atoms with van der Waals surface area (Å²) in [5.41, 5.74) is 0.973. The van der Waals surface area contributed by atoms with Crippen molar-refractivity contribution >= 4 is 46.6 Å². The molecule has 2 nitrogen and oxygen atoms in total. The Bertz CT molecular complexity index is 720.